The number of benzene rings is 2. The Bertz CT molecular complexity index is 841. The average Bonchev–Trinajstić information content (AvgIpc) is 3.14. The molecule has 1 heterocycles. The predicted octanol–water partition coefficient (Wildman–Crippen LogP) is 3.42. The lowest BCUT2D eigenvalue weighted by molar-refractivity contribution is -0.142. The zero-order valence-electron chi connectivity index (χ0n) is 14.8. The van der Waals surface area contributed by atoms with Gasteiger partial charge in [0.15, 0.2) is 0 Å². The van der Waals surface area contributed by atoms with Gasteiger partial charge in [-0.1, -0.05) is 54.6 Å². The highest BCUT2D eigenvalue weighted by Crippen LogP contribution is 2.21. The van der Waals surface area contributed by atoms with Gasteiger partial charge in [0, 0.05) is 0 Å². The number of carbonyl (C=O) groups is 1. The molecule has 0 bridgehead atoms. The molecule has 0 aliphatic rings. The van der Waals surface area contributed by atoms with Gasteiger partial charge in [-0.25, -0.2) is 4.98 Å². The van der Waals surface area contributed by atoms with Gasteiger partial charge in [0.1, 0.15) is 5.82 Å². The molecular weight excluding hydrogens is 326 g/mol. The van der Waals surface area contributed by atoms with Crippen LogP contribution in [-0.4, -0.2) is 22.5 Å². The van der Waals surface area contributed by atoms with Crippen LogP contribution in [0.2, 0.25) is 0 Å². The Labute approximate surface area is 153 Å². The standard InChI is InChI=1S/C21H23N3O2/c1-2-26-20(25)13-16-8-10-17(11-9-16)19-14-23-21(24-19)18(22)12-15-6-4-3-5-7-15/h3-11,14,18H,2,12-13,22H2,1H3,(H,23,24)/t18-/m0/s1. The molecule has 134 valence electrons. The van der Waals surface area contributed by atoms with Gasteiger partial charge < -0.3 is 15.5 Å². The van der Waals surface area contributed by atoms with Crippen molar-refractivity contribution >= 4 is 5.97 Å². The Balaban J connectivity index is 1.66. The third kappa shape index (κ3) is 4.58. The maximum atomic E-state index is 11.5. The molecule has 0 aliphatic carbocycles. The smallest absolute Gasteiger partial charge is 0.310 e. The highest BCUT2D eigenvalue weighted by Gasteiger charge is 2.12. The van der Waals surface area contributed by atoms with Gasteiger partial charge in [-0.05, 0) is 30.0 Å². The number of hydrogen-bond donors (Lipinski definition) is 2. The average molecular weight is 349 g/mol. The Morgan fingerprint density at radius 1 is 1.12 bits per heavy atom. The Morgan fingerprint density at radius 3 is 2.54 bits per heavy atom. The second kappa shape index (κ2) is 8.45. The van der Waals surface area contributed by atoms with Gasteiger partial charge in [-0.15, -0.1) is 0 Å². The largest absolute Gasteiger partial charge is 0.466 e. The van der Waals surface area contributed by atoms with Gasteiger partial charge in [0.25, 0.3) is 0 Å². The van der Waals surface area contributed by atoms with Gasteiger partial charge in [0.05, 0.1) is 31.0 Å². The van der Waals surface area contributed by atoms with Crippen molar-refractivity contribution in [2.45, 2.75) is 25.8 Å². The minimum absolute atomic E-state index is 0.186. The van der Waals surface area contributed by atoms with Crippen LogP contribution in [0.4, 0.5) is 0 Å². The van der Waals surface area contributed by atoms with Crippen LogP contribution in [0.5, 0.6) is 0 Å². The maximum Gasteiger partial charge on any atom is 0.310 e. The van der Waals surface area contributed by atoms with Crippen molar-refractivity contribution in [3.63, 3.8) is 0 Å². The first kappa shape index (κ1) is 17.9. The first-order valence-electron chi connectivity index (χ1n) is 8.75. The van der Waals surface area contributed by atoms with Crippen molar-refractivity contribution in [1.29, 1.82) is 0 Å². The molecule has 0 spiro atoms. The SMILES string of the molecule is CCOC(=O)Cc1ccc(-c2cnc([C@@H](N)Cc3ccccc3)[nH]2)cc1. The van der Waals surface area contributed by atoms with E-state index >= 15 is 0 Å². The van der Waals surface area contributed by atoms with Gasteiger partial charge in [-0.3, -0.25) is 4.79 Å². The quantitative estimate of drug-likeness (QED) is 0.640. The number of ether oxygens (including phenoxy) is 1. The molecule has 0 saturated carbocycles. The number of nitrogens with two attached hydrogens (primary N) is 1. The molecular formula is C21H23N3O2. The number of hydrogen-bond acceptors (Lipinski definition) is 4. The van der Waals surface area contributed by atoms with Crippen LogP contribution in [-0.2, 0) is 22.4 Å². The molecule has 5 nitrogen and oxygen atoms in total. The van der Waals surface area contributed by atoms with E-state index in [0.717, 1.165) is 29.1 Å². The van der Waals surface area contributed by atoms with E-state index in [0.29, 0.717) is 6.61 Å². The van der Waals surface area contributed by atoms with Crippen molar-refractivity contribution in [3.8, 4) is 11.3 Å². The Morgan fingerprint density at radius 2 is 1.85 bits per heavy atom. The lowest BCUT2D eigenvalue weighted by Gasteiger charge is -2.08. The third-order valence-corrected chi connectivity index (χ3v) is 4.16. The lowest BCUT2D eigenvalue weighted by Crippen LogP contribution is -2.14. The second-order valence-electron chi connectivity index (χ2n) is 6.16. The van der Waals surface area contributed by atoms with Gasteiger partial charge in [0.2, 0.25) is 0 Å². The maximum absolute atomic E-state index is 11.5. The van der Waals surface area contributed by atoms with Crippen LogP contribution < -0.4 is 5.73 Å². The topological polar surface area (TPSA) is 81.0 Å². The molecule has 0 fully saturated rings. The molecule has 2 aromatic carbocycles. The minimum Gasteiger partial charge on any atom is -0.466 e. The molecule has 0 aliphatic heterocycles. The number of nitrogens with zero attached hydrogens (tertiary/aromatic N) is 1. The summed E-state index contributed by atoms with van der Waals surface area (Å²) in [6.07, 6.45) is 2.80. The molecule has 0 radical (unpaired) electrons. The number of imidazole rings is 1. The highest BCUT2D eigenvalue weighted by molar-refractivity contribution is 5.73. The predicted molar refractivity (Wildman–Crippen MR) is 101 cm³/mol. The zero-order valence-corrected chi connectivity index (χ0v) is 14.8. The van der Waals surface area contributed by atoms with E-state index in [2.05, 4.69) is 22.1 Å². The van der Waals surface area contributed by atoms with E-state index in [1.165, 1.54) is 5.56 Å². The summed E-state index contributed by atoms with van der Waals surface area (Å²) in [4.78, 5) is 19.3. The molecule has 1 aromatic heterocycles. The summed E-state index contributed by atoms with van der Waals surface area (Å²) < 4.78 is 4.97. The molecule has 0 unspecified atom stereocenters. The summed E-state index contributed by atoms with van der Waals surface area (Å²) in [7, 11) is 0. The summed E-state index contributed by atoms with van der Waals surface area (Å²) in [5.41, 5.74) is 10.3. The molecule has 26 heavy (non-hydrogen) atoms. The summed E-state index contributed by atoms with van der Waals surface area (Å²) in [6.45, 7) is 2.20. The van der Waals surface area contributed by atoms with Crippen LogP contribution >= 0.6 is 0 Å². The number of esters is 1. The normalized spacial score (nSPS) is 11.9. The van der Waals surface area contributed by atoms with Gasteiger partial charge in [-0.2, -0.15) is 0 Å². The Kier molecular flexibility index (Phi) is 5.81. The number of aromatic nitrogens is 2. The van der Waals surface area contributed by atoms with E-state index in [9.17, 15) is 4.79 Å². The third-order valence-electron chi connectivity index (χ3n) is 4.16. The fourth-order valence-corrected chi connectivity index (χ4v) is 2.82. The van der Waals surface area contributed by atoms with Crippen molar-refractivity contribution in [2.75, 3.05) is 6.61 Å². The number of H-pyrrole nitrogens is 1. The van der Waals surface area contributed by atoms with Crippen molar-refractivity contribution in [2.24, 2.45) is 5.73 Å². The number of aromatic amines is 1. The van der Waals surface area contributed by atoms with Crippen molar-refractivity contribution in [3.05, 3.63) is 77.7 Å². The van der Waals surface area contributed by atoms with Crippen LogP contribution in [0, 0.1) is 0 Å². The summed E-state index contributed by atoms with van der Waals surface area (Å²) in [5, 5.41) is 0. The molecule has 3 aromatic rings. The van der Waals surface area contributed by atoms with Crippen LogP contribution in [0.15, 0.2) is 60.8 Å². The van der Waals surface area contributed by atoms with E-state index in [1.54, 1.807) is 13.1 Å². The molecule has 0 saturated heterocycles. The van der Waals surface area contributed by atoms with E-state index in [1.807, 2.05) is 42.5 Å². The summed E-state index contributed by atoms with van der Waals surface area (Å²) in [5.74, 6) is 0.551. The molecule has 5 heteroatoms. The van der Waals surface area contributed by atoms with Gasteiger partial charge >= 0.3 is 5.97 Å². The monoisotopic (exact) mass is 349 g/mol. The molecule has 1 atom stereocenters. The molecule has 3 N–H and O–H groups in total. The van der Waals surface area contributed by atoms with E-state index in [4.69, 9.17) is 10.5 Å². The van der Waals surface area contributed by atoms with Crippen LogP contribution in [0.25, 0.3) is 11.3 Å². The molecule has 3 rings (SSSR count). The fraction of sp³-hybridized carbons (Fsp3) is 0.238. The minimum atomic E-state index is -0.212. The number of nitrogens with one attached hydrogen (secondary N) is 1. The fourth-order valence-electron chi connectivity index (χ4n) is 2.82. The zero-order chi connectivity index (χ0) is 18.4. The van der Waals surface area contributed by atoms with Crippen LogP contribution in [0.3, 0.4) is 0 Å². The molecule has 0 amide bonds. The van der Waals surface area contributed by atoms with Crippen molar-refractivity contribution < 1.29 is 9.53 Å². The number of rotatable bonds is 7. The lowest BCUT2D eigenvalue weighted by atomic mass is 10.1. The second-order valence-corrected chi connectivity index (χ2v) is 6.16. The van der Waals surface area contributed by atoms with Crippen molar-refractivity contribution in [1.82, 2.24) is 9.97 Å². The summed E-state index contributed by atoms with van der Waals surface area (Å²) in [6, 6.07) is 17.7. The van der Waals surface area contributed by atoms with E-state index in [-0.39, 0.29) is 18.4 Å². The Hall–Kier alpha value is -2.92. The number of carbonyl (C=O) groups excluding carboxylic acids is 1. The first-order chi connectivity index (χ1) is 12.7. The summed E-state index contributed by atoms with van der Waals surface area (Å²) >= 11 is 0. The van der Waals surface area contributed by atoms with Crippen LogP contribution in [0.1, 0.15) is 29.9 Å². The highest BCUT2D eigenvalue weighted by atomic mass is 16.5. The first-order valence-corrected chi connectivity index (χ1v) is 8.75. The van der Waals surface area contributed by atoms with E-state index < -0.39 is 0 Å².